The van der Waals surface area contributed by atoms with Crippen LogP contribution in [0, 0.1) is 0 Å². The average molecular weight is 285 g/mol. The zero-order valence-corrected chi connectivity index (χ0v) is 12.1. The summed E-state index contributed by atoms with van der Waals surface area (Å²) in [6.07, 6.45) is 0.115. The largest absolute Gasteiger partial charge is 0.480 e. The van der Waals surface area contributed by atoms with E-state index in [0.29, 0.717) is 5.69 Å². The van der Waals surface area contributed by atoms with Crippen LogP contribution in [0.2, 0.25) is 0 Å². The summed E-state index contributed by atoms with van der Waals surface area (Å²) < 4.78 is 5.83. The van der Waals surface area contributed by atoms with Gasteiger partial charge in [-0.15, -0.1) is 11.3 Å². The van der Waals surface area contributed by atoms with E-state index in [1.54, 1.807) is 5.38 Å². The molecule has 2 rings (SSSR count). The molecule has 106 valence electrons. The zero-order valence-electron chi connectivity index (χ0n) is 11.3. The van der Waals surface area contributed by atoms with Gasteiger partial charge in [0.25, 0.3) is 0 Å². The SMILES string of the molecule is CC1CN(c2nc(C(N)C(=O)O)cs2)CC(C)(C)O1. The van der Waals surface area contributed by atoms with E-state index in [1.807, 2.05) is 20.8 Å². The lowest BCUT2D eigenvalue weighted by Crippen LogP contribution is -2.52. The van der Waals surface area contributed by atoms with Crippen molar-refractivity contribution in [3.05, 3.63) is 11.1 Å². The van der Waals surface area contributed by atoms with Crippen LogP contribution in [0.4, 0.5) is 5.13 Å². The molecule has 0 aliphatic carbocycles. The van der Waals surface area contributed by atoms with Gasteiger partial charge in [-0.3, -0.25) is 4.79 Å². The van der Waals surface area contributed by atoms with Gasteiger partial charge in [0.15, 0.2) is 5.13 Å². The minimum absolute atomic E-state index is 0.115. The highest BCUT2D eigenvalue weighted by Crippen LogP contribution is 2.29. The fraction of sp³-hybridized carbons (Fsp3) is 0.667. The first-order valence-corrected chi connectivity index (χ1v) is 7.03. The summed E-state index contributed by atoms with van der Waals surface area (Å²) >= 11 is 1.42. The van der Waals surface area contributed by atoms with Crippen LogP contribution in [0.1, 0.15) is 32.5 Å². The number of aliphatic carboxylic acids is 1. The van der Waals surface area contributed by atoms with Crippen molar-refractivity contribution in [2.24, 2.45) is 5.73 Å². The first-order chi connectivity index (χ1) is 8.78. The number of anilines is 1. The van der Waals surface area contributed by atoms with Crippen LogP contribution in [-0.4, -0.2) is 40.9 Å². The first-order valence-electron chi connectivity index (χ1n) is 6.15. The van der Waals surface area contributed by atoms with E-state index in [9.17, 15) is 4.79 Å². The van der Waals surface area contributed by atoms with Gasteiger partial charge in [0.05, 0.1) is 17.4 Å². The number of hydrogen-bond acceptors (Lipinski definition) is 6. The van der Waals surface area contributed by atoms with E-state index in [-0.39, 0.29) is 11.7 Å². The number of carboxylic acids is 1. The fourth-order valence-electron chi connectivity index (χ4n) is 2.29. The molecular formula is C12H19N3O3S. The standard InChI is InChI=1S/C12H19N3O3S/c1-7-4-15(6-12(2,3)18-7)11-14-8(5-19-11)9(13)10(16)17/h5,7,9H,4,6,13H2,1-3H3,(H,16,17). The molecule has 0 aromatic carbocycles. The maximum absolute atomic E-state index is 10.8. The van der Waals surface area contributed by atoms with Crippen molar-refractivity contribution in [2.75, 3.05) is 18.0 Å². The van der Waals surface area contributed by atoms with Crippen molar-refractivity contribution in [2.45, 2.75) is 38.5 Å². The summed E-state index contributed by atoms with van der Waals surface area (Å²) in [4.78, 5) is 17.3. The Bertz CT molecular complexity index is 475. The number of ether oxygens (including phenoxy) is 1. The van der Waals surface area contributed by atoms with E-state index in [0.717, 1.165) is 18.2 Å². The van der Waals surface area contributed by atoms with Crippen LogP contribution in [0.15, 0.2) is 5.38 Å². The summed E-state index contributed by atoms with van der Waals surface area (Å²) in [6, 6.07) is -1.06. The lowest BCUT2D eigenvalue weighted by Gasteiger charge is -2.41. The Balaban J connectivity index is 2.16. The topological polar surface area (TPSA) is 88.7 Å². The van der Waals surface area contributed by atoms with E-state index in [2.05, 4.69) is 9.88 Å². The number of hydrogen-bond donors (Lipinski definition) is 2. The van der Waals surface area contributed by atoms with Crippen LogP contribution >= 0.6 is 11.3 Å². The van der Waals surface area contributed by atoms with Gasteiger partial charge in [0.1, 0.15) is 6.04 Å². The second kappa shape index (κ2) is 5.07. The molecule has 3 N–H and O–H groups in total. The average Bonchev–Trinajstić information content (AvgIpc) is 2.74. The van der Waals surface area contributed by atoms with Crippen molar-refractivity contribution in [1.82, 2.24) is 4.98 Å². The minimum Gasteiger partial charge on any atom is -0.480 e. The van der Waals surface area contributed by atoms with E-state index in [4.69, 9.17) is 15.6 Å². The molecule has 1 saturated heterocycles. The number of thiazole rings is 1. The molecule has 2 unspecified atom stereocenters. The molecule has 1 aromatic rings. The van der Waals surface area contributed by atoms with Gasteiger partial charge in [-0.2, -0.15) is 0 Å². The number of nitrogens with two attached hydrogens (primary N) is 1. The number of carbonyl (C=O) groups is 1. The predicted octanol–water partition coefficient (Wildman–Crippen LogP) is 1.23. The second-order valence-corrected chi connectivity index (χ2v) is 6.28. The summed E-state index contributed by atoms with van der Waals surface area (Å²) in [6.45, 7) is 7.57. The maximum atomic E-state index is 10.8. The van der Waals surface area contributed by atoms with Gasteiger partial charge in [-0.1, -0.05) is 0 Å². The molecule has 0 radical (unpaired) electrons. The Morgan fingerprint density at radius 1 is 1.74 bits per heavy atom. The molecule has 0 saturated carbocycles. The summed E-state index contributed by atoms with van der Waals surface area (Å²) in [5.41, 5.74) is 5.73. The van der Waals surface area contributed by atoms with E-state index >= 15 is 0 Å². The molecule has 19 heavy (non-hydrogen) atoms. The van der Waals surface area contributed by atoms with E-state index < -0.39 is 12.0 Å². The smallest absolute Gasteiger partial charge is 0.326 e. The summed E-state index contributed by atoms with van der Waals surface area (Å²) in [5.74, 6) is -1.06. The van der Waals surface area contributed by atoms with Gasteiger partial charge < -0.3 is 20.5 Å². The lowest BCUT2D eigenvalue weighted by atomic mass is 10.1. The molecule has 2 atom stereocenters. The molecule has 1 aromatic heterocycles. The Hall–Kier alpha value is -1.18. The predicted molar refractivity (Wildman–Crippen MR) is 73.5 cm³/mol. The molecule has 6 nitrogen and oxygen atoms in total. The van der Waals surface area contributed by atoms with Crippen molar-refractivity contribution in [3.8, 4) is 0 Å². The zero-order chi connectivity index (χ0) is 14.2. The summed E-state index contributed by atoms with van der Waals surface area (Å²) in [5, 5.41) is 11.4. The van der Waals surface area contributed by atoms with Crippen LogP contribution in [0.25, 0.3) is 0 Å². The highest BCUT2D eigenvalue weighted by molar-refractivity contribution is 7.13. The number of rotatable bonds is 3. The van der Waals surface area contributed by atoms with Gasteiger partial charge in [0, 0.05) is 18.5 Å². The van der Waals surface area contributed by atoms with E-state index in [1.165, 1.54) is 11.3 Å². The monoisotopic (exact) mass is 285 g/mol. The molecule has 7 heteroatoms. The molecular weight excluding hydrogens is 266 g/mol. The van der Waals surface area contributed by atoms with Gasteiger partial charge in [0.2, 0.25) is 0 Å². The number of aromatic nitrogens is 1. The molecule has 0 spiro atoms. The van der Waals surface area contributed by atoms with Crippen LogP contribution in [-0.2, 0) is 9.53 Å². The highest BCUT2D eigenvalue weighted by atomic mass is 32.1. The van der Waals surface area contributed by atoms with Gasteiger partial charge in [-0.05, 0) is 20.8 Å². The first kappa shape index (κ1) is 14.2. The Labute approximate surface area is 116 Å². The van der Waals surface area contributed by atoms with Crippen molar-refractivity contribution >= 4 is 22.4 Å². The van der Waals surface area contributed by atoms with Crippen molar-refractivity contribution < 1.29 is 14.6 Å². The maximum Gasteiger partial charge on any atom is 0.326 e. The minimum atomic E-state index is -1.06. The quantitative estimate of drug-likeness (QED) is 0.868. The van der Waals surface area contributed by atoms with Crippen molar-refractivity contribution in [1.29, 1.82) is 0 Å². The molecule has 1 fully saturated rings. The Morgan fingerprint density at radius 3 is 3.00 bits per heavy atom. The molecule has 0 bridgehead atoms. The third-order valence-electron chi connectivity index (χ3n) is 2.93. The third kappa shape index (κ3) is 3.23. The van der Waals surface area contributed by atoms with Crippen LogP contribution in [0.3, 0.4) is 0 Å². The number of morpholine rings is 1. The molecule has 1 aliphatic heterocycles. The Kier molecular flexibility index (Phi) is 3.80. The third-order valence-corrected chi connectivity index (χ3v) is 3.85. The van der Waals surface area contributed by atoms with Gasteiger partial charge in [-0.25, -0.2) is 4.98 Å². The molecule has 2 heterocycles. The van der Waals surface area contributed by atoms with Gasteiger partial charge >= 0.3 is 5.97 Å². The second-order valence-electron chi connectivity index (χ2n) is 5.44. The molecule has 1 aliphatic rings. The number of carboxylic acid groups (broad SMARTS) is 1. The molecule has 0 amide bonds. The fourth-order valence-corrected chi connectivity index (χ4v) is 3.16. The van der Waals surface area contributed by atoms with Crippen LogP contribution in [0.5, 0.6) is 0 Å². The highest BCUT2D eigenvalue weighted by Gasteiger charge is 2.33. The summed E-state index contributed by atoms with van der Waals surface area (Å²) in [7, 11) is 0. The lowest BCUT2D eigenvalue weighted by molar-refractivity contribution is -0.138. The number of nitrogens with zero attached hydrogens (tertiary/aromatic N) is 2. The normalized spacial score (nSPS) is 24.2. The Morgan fingerprint density at radius 2 is 2.42 bits per heavy atom. The van der Waals surface area contributed by atoms with Crippen LogP contribution < -0.4 is 10.6 Å². The van der Waals surface area contributed by atoms with Crippen molar-refractivity contribution in [3.63, 3.8) is 0 Å².